The number of rotatable bonds is 6. The highest BCUT2D eigenvalue weighted by atomic mass is 79.9. The van der Waals surface area contributed by atoms with E-state index in [-0.39, 0.29) is 5.11 Å². The van der Waals surface area contributed by atoms with E-state index in [0.717, 1.165) is 15.7 Å². The highest BCUT2D eigenvalue weighted by Gasteiger charge is 2.15. The third-order valence-corrected chi connectivity index (χ3v) is 4.70. The summed E-state index contributed by atoms with van der Waals surface area (Å²) in [7, 11) is 1.53. The molecule has 0 atom stereocenters. The van der Waals surface area contributed by atoms with Crippen LogP contribution in [0.4, 0.5) is 5.69 Å². The first kappa shape index (κ1) is 21.5. The summed E-state index contributed by atoms with van der Waals surface area (Å²) >= 11 is 8.60. The number of hydrogen-bond acceptors (Lipinski definition) is 5. The number of benzene rings is 2. The zero-order chi connectivity index (χ0) is 21.3. The van der Waals surface area contributed by atoms with Gasteiger partial charge in [0.15, 0.2) is 5.11 Å². The molecule has 2 aromatic carbocycles. The van der Waals surface area contributed by atoms with Gasteiger partial charge in [-0.05, 0) is 72.4 Å². The van der Waals surface area contributed by atoms with E-state index in [0.29, 0.717) is 23.7 Å². The molecule has 3 aromatic rings. The van der Waals surface area contributed by atoms with E-state index in [1.165, 1.54) is 7.11 Å². The zero-order valence-electron chi connectivity index (χ0n) is 16.0. The van der Waals surface area contributed by atoms with Crippen LogP contribution in [0.1, 0.15) is 15.9 Å². The molecule has 1 aromatic heterocycles. The standard InChI is InChI=1S/C21H19BrN4O3S/c1-28-17-6-7-19(29-13-14-8-10-23-11-9-14)18(12-17)20(27)25-26-21(30)24-16-4-2-15(22)3-5-16/h2-12H,13H2,1H3,(H,25,27)(H2,24,26,30). The minimum absolute atomic E-state index is 0.243. The fourth-order valence-electron chi connectivity index (χ4n) is 2.46. The highest BCUT2D eigenvalue weighted by Crippen LogP contribution is 2.25. The van der Waals surface area contributed by atoms with Crippen molar-refractivity contribution >= 4 is 44.9 Å². The lowest BCUT2D eigenvalue weighted by atomic mass is 10.1. The fraction of sp³-hybridized carbons (Fsp3) is 0.0952. The largest absolute Gasteiger partial charge is 0.497 e. The Bertz CT molecular complexity index is 1020. The molecule has 0 spiro atoms. The monoisotopic (exact) mass is 486 g/mol. The van der Waals surface area contributed by atoms with E-state index in [9.17, 15) is 4.79 Å². The number of hydrazine groups is 1. The molecule has 0 aliphatic rings. The number of pyridine rings is 1. The van der Waals surface area contributed by atoms with Gasteiger partial charge >= 0.3 is 0 Å². The Balaban J connectivity index is 1.64. The molecule has 3 rings (SSSR count). The molecule has 30 heavy (non-hydrogen) atoms. The number of halogens is 1. The van der Waals surface area contributed by atoms with Crippen molar-refractivity contribution in [3.8, 4) is 11.5 Å². The van der Waals surface area contributed by atoms with Crippen molar-refractivity contribution in [1.29, 1.82) is 0 Å². The lowest BCUT2D eigenvalue weighted by Crippen LogP contribution is -2.43. The van der Waals surface area contributed by atoms with E-state index in [2.05, 4.69) is 37.1 Å². The molecule has 0 saturated carbocycles. The number of carbonyl (C=O) groups excluding carboxylic acids is 1. The molecule has 1 amide bonds. The maximum absolute atomic E-state index is 12.7. The van der Waals surface area contributed by atoms with Gasteiger partial charge in [0.25, 0.3) is 5.91 Å². The van der Waals surface area contributed by atoms with E-state index in [4.69, 9.17) is 21.7 Å². The third-order valence-electron chi connectivity index (χ3n) is 3.97. The second kappa shape index (κ2) is 10.6. The second-order valence-electron chi connectivity index (χ2n) is 6.05. The Kier molecular flexibility index (Phi) is 7.58. The van der Waals surface area contributed by atoms with Crippen molar-refractivity contribution < 1.29 is 14.3 Å². The molecular formula is C21H19BrN4O3S. The molecule has 154 valence electrons. The van der Waals surface area contributed by atoms with Crippen molar-refractivity contribution in [3.63, 3.8) is 0 Å². The maximum Gasteiger partial charge on any atom is 0.273 e. The van der Waals surface area contributed by atoms with E-state index in [1.54, 1.807) is 30.6 Å². The smallest absolute Gasteiger partial charge is 0.273 e. The van der Waals surface area contributed by atoms with E-state index < -0.39 is 5.91 Å². The van der Waals surface area contributed by atoms with Crippen LogP contribution in [-0.2, 0) is 6.61 Å². The predicted octanol–water partition coefficient (Wildman–Crippen LogP) is 4.06. The van der Waals surface area contributed by atoms with Gasteiger partial charge in [0, 0.05) is 22.6 Å². The topological polar surface area (TPSA) is 84.5 Å². The molecule has 0 saturated heterocycles. The molecule has 0 aliphatic carbocycles. The number of methoxy groups -OCH3 is 1. The van der Waals surface area contributed by atoms with Crippen molar-refractivity contribution in [1.82, 2.24) is 15.8 Å². The summed E-state index contributed by atoms with van der Waals surface area (Å²) in [6.45, 7) is 0.298. The highest BCUT2D eigenvalue weighted by molar-refractivity contribution is 9.10. The van der Waals surface area contributed by atoms with Crippen LogP contribution in [0.15, 0.2) is 71.5 Å². The van der Waals surface area contributed by atoms with Crippen molar-refractivity contribution in [2.24, 2.45) is 0 Å². The lowest BCUT2D eigenvalue weighted by Gasteiger charge is -2.15. The summed E-state index contributed by atoms with van der Waals surface area (Å²) in [4.78, 5) is 16.7. The molecule has 0 bridgehead atoms. The quantitative estimate of drug-likeness (QED) is 0.357. The fourth-order valence-corrected chi connectivity index (χ4v) is 2.89. The number of nitrogens with zero attached hydrogens (tertiary/aromatic N) is 1. The average molecular weight is 487 g/mol. The minimum atomic E-state index is -0.418. The second-order valence-corrected chi connectivity index (χ2v) is 7.37. The van der Waals surface area contributed by atoms with Gasteiger partial charge in [-0.1, -0.05) is 15.9 Å². The number of ether oxygens (including phenoxy) is 2. The number of carbonyl (C=O) groups is 1. The van der Waals surface area contributed by atoms with E-state index in [1.807, 2.05) is 36.4 Å². The number of anilines is 1. The Morgan fingerprint density at radius 2 is 1.80 bits per heavy atom. The van der Waals surface area contributed by atoms with Crippen LogP contribution < -0.4 is 25.6 Å². The average Bonchev–Trinajstić information content (AvgIpc) is 2.78. The first-order valence-electron chi connectivity index (χ1n) is 8.88. The van der Waals surface area contributed by atoms with Crippen LogP contribution in [0.25, 0.3) is 0 Å². The van der Waals surface area contributed by atoms with Gasteiger partial charge in [-0.2, -0.15) is 0 Å². The normalized spacial score (nSPS) is 10.1. The SMILES string of the molecule is COc1ccc(OCc2ccncc2)c(C(=O)NNC(=S)Nc2ccc(Br)cc2)c1. The van der Waals surface area contributed by atoms with Crippen LogP contribution in [0.2, 0.25) is 0 Å². The van der Waals surface area contributed by atoms with Crippen LogP contribution in [0.3, 0.4) is 0 Å². The summed E-state index contributed by atoms with van der Waals surface area (Å²) in [6, 6.07) is 16.2. The first-order valence-corrected chi connectivity index (χ1v) is 10.1. The molecule has 0 unspecified atom stereocenters. The molecule has 7 nitrogen and oxygen atoms in total. The van der Waals surface area contributed by atoms with Crippen LogP contribution in [0.5, 0.6) is 11.5 Å². The van der Waals surface area contributed by atoms with Gasteiger partial charge in [0.2, 0.25) is 0 Å². The Morgan fingerprint density at radius 1 is 1.07 bits per heavy atom. The molecular weight excluding hydrogens is 468 g/mol. The van der Waals surface area contributed by atoms with Crippen molar-refractivity contribution in [2.45, 2.75) is 6.61 Å². The van der Waals surface area contributed by atoms with Crippen molar-refractivity contribution in [2.75, 3.05) is 12.4 Å². The number of amides is 1. The Hall–Kier alpha value is -3.17. The van der Waals surface area contributed by atoms with Gasteiger partial charge in [-0.15, -0.1) is 0 Å². The van der Waals surface area contributed by atoms with E-state index >= 15 is 0 Å². The molecule has 0 fully saturated rings. The summed E-state index contributed by atoms with van der Waals surface area (Å²) in [5.74, 6) is 0.532. The number of aromatic nitrogens is 1. The third kappa shape index (κ3) is 6.16. The van der Waals surface area contributed by atoms with Crippen LogP contribution >= 0.6 is 28.1 Å². The number of hydrogen-bond donors (Lipinski definition) is 3. The predicted molar refractivity (Wildman–Crippen MR) is 123 cm³/mol. The summed E-state index contributed by atoms with van der Waals surface area (Å²) in [6.07, 6.45) is 3.37. The number of nitrogens with one attached hydrogen (secondary N) is 3. The Morgan fingerprint density at radius 3 is 2.50 bits per heavy atom. The summed E-state index contributed by atoms with van der Waals surface area (Å²) < 4.78 is 12.0. The van der Waals surface area contributed by atoms with Gasteiger partial charge in [-0.25, -0.2) is 0 Å². The summed E-state index contributed by atoms with van der Waals surface area (Å²) in [5.41, 5.74) is 7.29. The first-order chi connectivity index (χ1) is 14.5. The zero-order valence-corrected chi connectivity index (χ0v) is 18.4. The molecule has 1 heterocycles. The van der Waals surface area contributed by atoms with Crippen molar-refractivity contribution in [3.05, 3.63) is 82.6 Å². The van der Waals surface area contributed by atoms with Crippen LogP contribution in [-0.4, -0.2) is 23.1 Å². The van der Waals surface area contributed by atoms with Gasteiger partial charge < -0.3 is 14.8 Å². The lowest BCUT2D eigenvalue weighted by molar-refractivity contribution is 0.0939. The maximum atomic E-state index is 12.7. The minimum Gasteiger partial charge on any atom is -0.497 e. The van der Waals surface area contributed by atoms with Gasteiger partial charge in [-0.3, -0.25) is 20.6 Å². The molecule has 0 radical (unpaired) electrons. The number of thiocarbonyl (C=S) groups is 1. The van der Waals surface area contributed by atoms with Gasteiger partial charge in [0.1, 0.15) is 18.1 Å². The van der Waals surface area contributed by atoms with Gasteiger partial charge in [0.05, 0.1) is 12.7 Å². The molecule has 3 N–H and O–H groups in total. The molecule has 0 aliphatic heterocycles. The summed E-state index contributed by atoms with van der Waals surface area (Å²) in [5, 5.41) is 3.23. The van der Waals surface area contributed by atoms with Crippen LogP contribution in [0, 0.1) is 0 Å². The Labute approximate surface area is 187 Å². The molecule has 9 heteroatoms.